The monoisotopic (exact) mass is 226 g/mol. The van der Waals surface area contributed by atoms with Crippen LogP contribution in [0, 0.1) is 0 Å². The Morgan fingerprint density at radius 3 is 2.44 bits per heavy atom. The van der Waals surface area contributed by atoms with Crippen LogP contribution in [0.5, 0.6) is 0 Å². The van der Waals surface area contributed by atoms with Crippen LogP contribution >= 0.6 is 0 Å². The minimum absolute atomic E-state index is 0.0778. The fraction of sp³-hybridized carbons (Fsp3) is 0.846. The highest BCUT2D eigenvalue weighted by Gasteiger charge is 2.37. The molecular formula is C13H26N2O. The van der Waals surface area contributed by atoms with Crippen molar-refractivity contribution in [3.63, 3.8) is 0 Å². The molecule has 1 heterocycles. The summed E-state index contributed by atoms with van der Waals surface area (Å²) in [4.78, 5) is 2.47. The number of hydrogen-bond donors (Lipinski definition) is 1. The Morgan fingerprint density at radius 2 is 2.06 bits per heavy atom. The molecule has 3 heteroatoms. The van der Waals surface area contributed by atoms with Gasteiger partial charge in [-0.05, 0) is 40.1 Å². The third-order valence-electron chi connectivity index (χ3n) is 3.59. The standard InChI is InChI=1S/C13H26N2O/c1-6-15(7-2)13(3,4)12(14-5)11-9-8-10-16-11/h9,12,14H,6-8,10H2,1-5H3. The summed E-state index contributed by atoms with van der Waals surface area (Å²) in [6, 6.07) is 0.273. The average Bonchev–Trinajstić information content (AvgIpc) is 2.73. The van der Waals surface area contributed by atoms with Crippen molar-refractivity contribution in [2.75, 3.05) is 26.7 Å². The lowest BCUT2D eigenvalue weighted by atomic mass is 9.90. The molecule has 0 aromatic heterocycles. The van der Waals surface area contributed by atoms with E-state index in [1.807, 2.05) is 7.05 Å². The third kappa shape index (κ3) is 2.58. The Kier molecular flexibility index (Phi) is 4.81. The highest BCUT2D eigenvalue weighted by atomic mass is 16.5. The molecule has 3 nitrogen and oxygen atoms in total. The van der Waals surface area contributed by atoms with Gasteiger partial charge in [0.2, 0.25) is 0 Å². The van der Waals surface area contributed by atoms with Crippen molar-refractivity contribution in [3.05, 3.63) is 11.8 Å². The van der Waals surface area contributed by atoms with Crippen LogP contribution in [-0.2, 0) is 4.74 Å². The first kappa shape index (κ1) is 13.5. The minimum Gasteiger partial charge on any atom is -0.496 e. The second-order valence-corrected chi connectivity index (χ2v) is 4.79. The van der Waals surface area contributed by atoms with E-state index in [0.29, 0.717) is 0 Å². The van der Waals surface area contributed by atoms with Crippen molar-refractivity contribution in [1.29, 1.82) is 0 Å². The van der Waals surface area contributed by atoms with E-state index in [1.165, 1.54) is 0 Å². The van der Waals surface area contributed by atoms with Crippen molar-refractivity contribution in [1.82, 2.24) is 10.2 Å². The van der Waals surface area contributed by atoms with Crippen molar-refractivity contribution in [2.45, 2.75) is 45.7 Å². The molecule has 0 spiro atoms. The molecule has 1 aliphatic rings. The highest BCUT2D eigenvalue weighted by Crippen LogP contribution is 2.26. The van der Waals surface area contributed by atoms with Crippen LogP contribution in [0.15, 0.2) is 11.8 Å². The number of nitrogens with zero attached hydrogens (tertiary/aromatic N) is 1. The van der Waals surface area contributed by atoms with Gasteiger partial charge in [0.1, 0.15) is 5.76 Å². The summed E-state index contributed by atoms with van der Waals surface area (Å²) in [7, 11) is 2.01. The SMILES string of the molecule is CCN(CC)C(C)(C)C(NC)C1=CCCO1. The predicted octanol–water partition coefficient (Wildman–Crippen LogP) is 2.00. The summed E-state index contributed by atoms with van der Waals surface area (Å²) in [5.41, 5.74) is 0.0778. The van der Waals surface area contributed by atoms with E-state index in [0.717, 1.165) is 31.9 Å². The molecular weight excluding hydrogens is 200 g/mol. The summed E-state index contributed by atoms with van der Waals surface area (Å²) in [5, 5.41) is 3.40. The van der Waals surface area contributed by atoms with Crippen molar-refractivity contribution in [2.24, 2.45) is 0 Å². The molecule has 16 heavy (non-hydrogen) atoms. The number of hydrogen-bond acceptors (Lipinski definition) is 3. The Balaban J connectivity index is 2.84. The van der Waals surface area contributed by atoms with Crippen molar-refractivity contribution < 1.29 is 4.74 Å². The van der Waals surface area contributed by atoms with Crippen LogP contribution in [0.3, 0.4) is 0 Å². The highest BCUT2D eigenvalue weighted by molar-refractivity contribution is 5.14. The van der Waals surface area contributed by atoms with E-state index in [9.17, 15) is 0 Å². The molecule has 0 saturated heterocycles. The lowest BCUT2D eigenvalue weighted by Gasteiger charge is -2.43. The fourth-order valence-electron chi connectivity index (χ4n) is 2.70. The van der Waals surface area contributed by atoms with Gasteiger partial charge in [-0.3, -0.25) is 4.90 Å². The molecule has 1 rings (SSSR count). The zero-order chi connectivity index (χ0) is 12.2. The Bertz CT molecular complexity index is 244. The molecule has 0 fully saturated rings. The fourth-order valence-corrected chi connectivity index (χ4v) is 2.70. The van der Waals surface area contributed by atoms with E-state index in [2.05, 4.69) is 44.0 Å². The second kappa shape index (κ2) is 5.69. The summed E-state index contributed by atoms with van der Waals surface area (Å²) >= 11 is 0. The van der Waals surface area contributed by atoms with Gasteiger partial charge in [0.15, 0.2) is 0 Å². The van der Waals surface area contributed by atoms with E-state index in [-0.39, 0.29) is 11.6 Å². The van der Waals surface area contributed by atoms with Crippen LogP contribution in [0.4, 0.5) is 0 Å². The Hall–Kier alpha value is -0.540. The smallest absolute Gasteiger partial charge is 0.111 e. The van der Waals surface area contributed by atoms with Crippen LogP contribution in [0.25, 0.3) is 0 Å². The summed E-state index contributed by atoms with van der Waals surface area (Å²) in [6.07, 6.45) is 3.26. The minimum atomic E-state index is 0.0778. The first-order chi connectivity index (χ1) is 7.57. The van der Waals surface area contributed by atoms with E-state index in [4.69, 9.17) is 4.74 Å². The van der Waals surface area contributed by atoms with Gasteiger partial charge in [-0.1, -0.05) is 13.8 Å². The summed E-state index contributed by atoms with van der Waals surface area (Å²) in [6.45, 7) is 11.9. The van der Waals surface area contributed by atoms with Gasteiger partial charge in [-0.2, -0.15) is 0 Å². The zero-order valence-corrected chi connectivity index (χ0v) is 11.3. The first-order valence-corrected chi connectivity index (χ1v) is 6.33. The lowest BCUT2D eigenvalue weighted by Crippen LogP contribution is -2.57. The molecule has 94 valence electrons. The maximum Gasteiger partial charge on any atom is 0.111 e. The number of likely N-dealkylation sites (N-methyl/N-ethyl adjacent to an activating group) is 2. The van der Waals surface area contributed by atoms with Gasteiger partial charge in [-0.25, -0.2) is 0 Å². The predicted molar refractivity (Wildman–Crippen MR) is 68.5 cm³/mol. The molecule has 1 N–H and O–H groups in total. The van der Waals surface area contributed by atoms with Gasteiger partial charge >= 0.3 is 0 Å². The molecule has 0 radical (unpaired) electrons. The van der Waals surface area contributed by atoms with Crippen LogP contribution in [0.1, 0.15) is 34.1 Å². The normalized spacial score (nSPS) is 18.5. The molecule has 1 atom stereocenters. The number of nitrogens with one attached hydrogen (secondary N) is 1. The van der Waals surface area contributed by atoms with E-state index < -0.39 is 0 Å². The Labute approximate surface area is 99.8 Å². The molecule has 0 aromatic rings. The molecule has 1 unspecified atom stereocenters. The summed E-state index contributed by atoms with van der Waals surface area (Å²) < 4.78 is 5.70. The van der Waals surface area contributed by atoms with Gasteiger partial charge in [0.05, 0.1) is 12.6 Å². The lowest BCUT2D eigenvalue weighted by molar-refractivity contribution is 0.0793. The quantitative estimate of drug-likeness (QED) is 0.749. The molecule has 0 amide bonds. The van der Waals surface area contributed by atoms with Crippen molar-refractivity contribution >= 4 is 0 Å². The zero-order valence-electron chi connectivity index (χ0n) is 11.3. The molecule has 0 bridgehead atoms. The molecule has 1 aliphatic heterocycles. The molecule has 0 aliphatic carbocycles. The molecule has 0 aromatic carbocycles. The maximum absolute atomic E-state index is 5.70. The van der Waals surface area contributed by atoms with E-state index in [1.54, 1.807) is 0 Å². The number of ether oxygens (including phenoxy) is 1. The average molecular weight is 226 g/mol. The van der Waals surface area contributed by atoms with Gasteiger partial charge in [0, 0.05) is 12.0 Å². The largest absolute Gasteiger partial charge is 0.496 e. The maximum atomic E-state index is 5.70. The first-order valence-electron chi connectivity index (χ1n) is 6.33. The number of rotatable bonds is 6. The van der Waals surface area contributed by atoms with Gasteiger partial charge in [-0.15, -0.1) is 0 Å². The van der Waals surface area contributed by atoms with Crippen LogP contribution in [-0.4, -0.2) is 43.2 Å². The molecule has 0 saturated carbocycles. The van der Waals surface area contributed by atoms with Crippen molar-refractivity contribution in [3.8, 4) is 0 Å². The van der Waals surface area contributed by atoms with Crippen LogP contribution < -0.4 is 5.32 Å². The third-order valence-corrected chi connectivity index (χ3v) is 3.59. The van der Waals surface area contributed by atoms with Gasteiger partial charge in [0.25, 0.3) is 0 Å². The van der Waals surface area contributed by atoms with E-state index >= 15 is 0 Å². The van der Waals surface area contributed by atoms with Gasteiger partial charge < -0.3 is 10.1 Å². The summed E-state index contributed by atoms with van der Waals surface area (Å²) in [5.74, 6) is 1.11. The topological polar surface area (TPSA) is 24.5 Å². The Morgan fingerprint density at radius 1 is 1.44 bits per heavy atom. The van der Waals surface area contributed by atoms with Crippen LogP contribution in [0.2, 0.25) is 0 Å². The second-order valence-electron chi connectivity index (χ2n) is 4.79.